The van der Waals surface area contributed by atoms with Crippen LogP contribution in [0.2, 0.25) is 0 Å². The first-order chi connectivity index (χ1) is 12.2. The number of ether oxygens (including phenoxy) is 2. The Balaban J connectivity index is 2.20. The highest BCUT2D eigenvalue weighted by Crippen LogP contribution is 2.41. The first-order valence-corrected chi connectivity index (χ1v) is 7.90. The molecule has 25 heavy (non-hydrogen) atoms. The quantitative estimate of drug-likeness (QED) is 0.802. The van der Waals surface area contributed by atoms with Gasteiger partial charge in [0.2, 0.25) is 5.88 Å². The van der Waals surface area contributed by atoms with Crippen LogP contribution in [0, 0.1) is 11.3 Å². The number of nitriles is 1. The highest BCUT2D eigenvalue weighted by atomic mass is 16.5. The average molecular weight is 335 g/mol. The van der Waals surface area contributed by atoms with E-state index in [0.29, 0.717) is 22.8 Å². The molecule has 0 fully saturated rings. The number of rotatable bonds is 4. The van der Waals surface area contributed by atoms with Gasteiger partial charge in [0.15, 0.2) is 0 Å². The monoisotopic (exact) mass is 335 g/mol. The van der Waals surface area contributed by atoms with Gasteiger partial charge < -0.3 is 9.47 Å². The maximum atomic E-state index is 12.5. The summed E-state index contributed by atoms with van der Waals surface area (Å²) in [7, 11) is 0. The number of carbonyl (C=O) groups is 1. The summed E-state index contributed by atoms with van der Waals surface area (Å²) in [5, 5.41) is 9.81. The summed E-state index contributed by atoms with van der Waals surface area (Å²) in [6.07, 6.45) is 6.87. The van der Waals surface area contributed by atoms with Crippen LogP contribution in [0.4, 0.5) is 0 Å². The van der Waals surface area contributed by atoms with E-state index in [0.717, 1.165) is 5.56 Å². The van der Waals surface area contributed by atoms with Crippen LogP contribution < -0.4 is 0 Å². The van der Waals surface area contributed by atoms with E-state index in [2.05, 4.69) is 11.1 Å². The van der Waals surface area contributed by atoms with E-state index in [1.165, 1.54) is 0 Å². The maximum Gasteiger partial charge on any atom is 0.338 e. The van der Waals surface area contributed by atoms with Gasteiger partial charge in [-0.2, -0.15) is 5.26 Å². The van der Waals surface area contributed by atoms with Crippen molar-refractivity contribution < 1.29 is 14.3 Å². The highest BCUT2D eigenvalue weighted by molar-refractivity contribution is 5.93. The molecule has 2 aromatic rings. The summed E-state index contributed by atoms with van der Waals surface area (Å²) in [6.45, 7) is 3.68. The standard InChI is InChI=1S/C19H17N3O3/c1-3-24-19(23)16-13(2)25-18(22-9-4-5-10-22)15(11-20)17(16)14-7-6-8-21-12-14/h4-10,12,17H,3H2,1-2H3. The van der Waals surface area contributed by atoms with Gasteiger partial charge in [-0.1, -0.05) is 6.07 Å². The van der Waals surface area contributed by atoms with Gasteiger partial charge >= 0.3 is 5.97 Å². The Labute approximate surface area is 145 Å². The van der Waals surface area contributed by atoms with Gasteiger partial charge in [0.25, 0.3) is 0 Å². The van der Waals surface area contributed by atoms with Crippen LogP contribution in [0.3, 0.4) is 0 Å². The number of pyridine rings is 1. The van der Waals surface area contributed by atoms with Crippen LogP contribution in [0.5, 0.6) is 0 Å². The molecule has 6 heteroatoms. The van der Waals surface area contributed by atoms with Crippen molar-refractivity contribution in [3.63, 3.8) is 0 Å². The van der Waals surface area contributed by atoms with Crippen molar-refractivity contribution in [3.8, 4) is 6.07 Å². The van der Waals surface area contributed by atoms with E-state index in [1.54, 1.807) is 49.3 Å². The van der Waals surface area contributed by atoms with Crippen LogP contribution in [-0.4, -0.2) is 22.1 Å². The van der Waals surface area contributed by atoms with Gasteiger partial charge in [-0.25, -0.2) is 4.79 Å². The first-order valence-electron chi connectivity index (χ1n) is 7.90. The SMILES string of the molecule is CCOC(=O)C1=C(C)OC(n2cccc2)=C(C#N)C1c1cccnc1. The molecule has 1 aliphatic heterocycles. The maximum absolute atomic E-state index is 12.5. The number of allylic oxidation sites excluding steroid dienone is 2. The normalized spacial score (nSPS) is 17.1. The number of nitrogens with zero attached hydrogens (tertiary/aromatic N) is 3. The third kappa shape index (κ3) is 3.04. The largest absolute Gasteiger partial charge is 0.463 e. The molecule has 2 aromatic heterocycles. The van der Waals surface area contributed by atoms with Crippen molar-refractivity contribution in [1.82, 2.24) is 9.55 Å². The molecule has 3 rings (SSSR count). The van der Waals surface area contributed by atoms with Crippen molar-refractivity contribution in [1.29, 1.82) is 5.26 Å². The Morgan fingerprint density at radius 2 is 2.16 bits per heavy atom. The molecule has 0 aliphatic carbocycles. The van der Waals surface area contributed by atoms with Crippen molar-refractivity contribution in [3.05, 3.63) is 71.5 Å². The van der Waals surface area contributed by atoms with Crippen LogP contribution in [0.25, 0.3) is 5.88 Å². The Hall–Kier alpha value is -3.33. The fourth-order valence-electron chi connectivity index (χ4n) is 2.85. The Bertz CT molecular complexity index is 874. The molecule has 0 saturated heterocycles. The molecule has 1 atom stereocenters. The van der Waals surface area contributed by atoms with Gasteiger partial charge in [0.05, 0.1) is 18.1 Å². The summed E-state index contributed by atoms with van der Waals surface area (Å²) < 4.78 is 12.7. The van der Waals surface area contributed by atoms with E-state index < -0.39 is 11.9 Å². The van der Waals surface area contributed by atoms with Gasteiger partial charge in [0, 0.05) is 24.8 Å². The molecule has 0 saturated carbocycles. The molecule has 6 nitrogen and oxygen atoms in total. The molecule has 0 amide bonds. The average Bonchev–Trinajstić information content (AvgIpc) is 3.16. The number of aromatic nitrogens is 2. The van der Waals surface area contributed by atoms with Crippen molar-refractivity contribution in [2.45, 2.75) is 19.8 Å². The lowest BCUT2D eigenvalue weighted by atomic mass is 9.84. The molecule has 0 aromatic carbocycles. The lowest BCUT2D eigenvalue weighted by Crippen LogP contribution is -2.24. The Kier molecular flexibility index (Phi) is 4.66. The third-order valence-electron chi connectivity index (χ3n) is 3.91. The van der Waals surface area contributed by atoms with Gasteiger partial charge in [0.1, 0.15) is 17.4 Å². The minimum Gasteiger partial charge on any atom is -0.463 e. The summed E-state index contributed by atoms with van der Waals surface area (Å²) in [4.78, 5) is 16.7. The molecular formula is C19H17N3O3. The van der Waals surface area contributed by atoms with Crippen molar-refractivity contribution >= 4 is 11.9 Å². The molecule has 1 aliphatic rings. The first kappa shape index (κ1) is 16.5. The van der Waals surface area contributed by atoms with E-state index in [1.807, 2.05) is 18.2 Å². The second-order valence-electron chi connectivity index (χ2n) is 5.43. The number of esters is 1. The minimum absolute atomic E-state index is 0.241. The van der Waals surface area contributed by atoms with Crippen LogP contribution in [-0.2, 0) is 14.3 Å². The Morgan fingerprint density at radius 1 is 1.40 bits per heavy atom. The fraction of sp³-hybridized carbons (Fsp3) is 0.211. The number of hydrogen-bond acceptors (Lipinski definition) is 5. The zero-order chi connectivity index (χ0) is 17.8. The highest BCUT2D eigenvalue weighted by Gasteiger charge is 2.37. The van der Waals surface area contributed by atoms with Crippen molar-refractivity contribution in [2.75, 3.05) is 6.61 Å². The fourth-order valence-corrected chi connectivity index (χ4v) is 2.85. The molecule has 0 N–H and O–H groups in total. The summed E-state index contributed by atoms with van der Waals surface area (Å²) in [6, 6.07) is 9.48. The van der Waals surface area contributed by atoms with Crippen LogP contribution in [0.1, 0.15) is 25.3 Å². The second kappa shape index (κ2) is 7.05. The lowest BCUT2D eigenvalue weighted by Gasteiger charge is -2.28. The summed E-state index contributed by atoms with van der Waals surface area (Å²) in [5.41, 5.74) is 1.38. The summed E-state index contributed by atoms with van der Waals surface area (Å²) in [5.74, 6) is -0.293. The predicted octanol–water partition coefficient (Wildman–Crippen LogP) is 3.23. The van der Waals surface area contributed by atoms with Crippen molar-refractivity contribution in [2.24, 2.45) is 0 Å². The Morgan fingerprint density at radius 3 is 2.76 bits per heavy atom. The molecule has 126 valence electrons. The zero-order valence-corrected chi connectivity index (χ0v) is 14.0. The van der Waals surface area contributed by atoms with E-state index >= 15 is 0 Å². The lowest BCUT2D eigenvalue weighted by molar-refractivity contribution is -0.139. The second-order valence-corrected chi connectivity index (χ2v) is 5.43. The van der Waals surface area contributed by atoms with E-state index in [-0.39, 0.29) is 6.61 Å². The molecular weight excluding hydrogens is 318 g/mol. The molecule has 1 unspecified atom stereocenters. The van der Waals surface area contributed by atoms with Gasteiger partial charge in [-0.3, -0.25) is 9.55 Å². The van der Waals surface area contributed by atoms with Gasteiger partial charge in [-0.05, 0) is 37.6 Å². The van der Waals surface area contributed by atoms with Crippen LogP contribution in [0.15, 0.2) is 66.0 Å². The third-order valence-corrected chi connectivity index (χ3v) is 3.91. The molecule has 3 heterocycles. The molecule has 0 bridgehead atoms. The minimum atomic E-state index is -0.594. The number of carbonyl (C=O) groups excluding carboxylic acids is 1. The topological polar surface area (TPSA) is 77.1 Å². The number of hydrogen-bond donors (Lipinski definition) is 0. The predicted molar refractivity (Wildman–Crippen MR) is 90.7 cm³/mol. The van der Waals surface area contributed by atoms with E-state index in [4.69, 9.17) is 9.47 Å². The zero-order valence-electron chi connectivity index (χ0n) is 14.0. The molecule has 0 radical (unpaired) electrons. The van der Waals surface area contributed by atoms with Crippen LogP contribution >= 0.6 is 0 Å². The molecule has 0 spiro atoms. The summed E-state index contributed by atoms with van der Waals surface area (Å²) >= 11 is 0. The smallest absolute Gasteiger partial charge is 0.338 e. The van der Waals surface area contributed by atoms with Gasteiger partial charge in [-0.15, -0.1) is 0 Å². The van der Waals surface area contributed by atoms with E-state index in [9.17, 15) is 10.1 Å².